The molecule has 30 heavy (non-hydrogen) atoms. The van der Waals surface area contributed by atoms with Crippen LogP contribution in [0.5, 0.6) is 0 Å². The summed E-state index contributed by atoms with van der Waals surface area (Å²) >= 11 is 0. The zero-order chi connectivity index (χ0) is 20.9. The summed E-state index contributed by atoms with van der Waals surface area (Å²) in [6.07, 6.45) is 7.26. The Labute approximate surface area is 171 Å². The van der Waals surface area contributed by atoms with Crippen molar-refractivity contribution in [3.8, 4) is 11.4 Å². The van der Waals surface area contributed by atoms with E-state index in [1.165, 1.54) is 29.1 Å². The Balaban J connectivity index is 1.78. The summed E-state index contributed by atoms with van der Waals surface area (Å²) in [4.78, 5) is 12.5. The van der Waals surface area contributed by atoms with Gasteiger partial charge in [0.2, 0.25) is 5.43 Å². The molecule has 7 nitrogen and oxygen atoms in total. The van der Waals surface area contributed by atoms with E-state index >= 15 is 0 Å². The molecule has 0 atom stereocenters. The third-order valence-electron chi connectivity index (χ3n) is 4.31. The monoisotopic (exact) mass is 400 g/mol. The number of rotatable bonds is 6. The van der Waals surface area contributed by atoms with E-state index in [0.29, 0.717) is 11.4 Å². The fraction of sp³-hybridized carbons (Fsp3) is 0. The molecule has 0 unspecified atom stereocenters. The molecule has 0 amide bonds. The molecule has 0 fully saturated rings. The van der Waals surface area contributed by atoms with Crippen LogP contribution in [0.3, 0.4) is 0 Å². The van der Waals surface area contributed by atoms with Gasteiger partial charge in [0.05, 0.1) is 11.4 Å². The molecule has 0 saturated heterocycles. The quantitative estimate of drug-likeness (QED) is 0.484. The third kappa shape index (κ3) is 3.93. The molecule has 0 saturated carbocycles. The van der Waals surface area contributed by atoms with Crippen molar-refractivity contribution in [2.45, 2.75) is 0 Å². The predicted molar refractivity (Wildman–Crippen MR) is 114 cm³/mol. The van der Waals surface area contributed by atoms with Crippen LogP contribution in [-0.4, -0.2) is 25.8 Å². The number of aromatic nitrogens is 4. The minimum atomic E-state index is -0.499. The van der Waals surface area contributed by atoms with Crippen molar-refractivity contribution in [1.29, 1.82) is 5.41 Å². The average Bonchev–Trinajstić information content (AvgIpc) is 3.30. The van der Waals surface area contributed by atoms with Crippen molar-refractivity contribution >= 4 is 17.6 Å². The number of anilines is 1. The fourth-order valence-corrected chi connectivity index (χ4v) is 2.91. The lowest BCUT2D eigenvalue weighted by molar-refractivity contribution is 0.607. The zero-order valence-corrected chi connectivity index (χ0v) is 15.7. The highest BCUT2D eigenvalue weighted by Crippen LogP contribution is 2.19. The Morgan fingerprint density at radius 3 is 2.60 bits per heavy atom. The number of nitrogens with zero attached hydrogens (tertiary/aromatic N) is 4. The van der Waals surface area contributed by atoms with Gasteiger partial charge >= 0.3 is 0 Å². The van der Waals surface area contributed by atoms with Crippen LogP contribution in [0.4, 0.5) is 10.1 Å². The van der Waals surface area contributed by atoms with E-state index in [1.807, 2.05) is 30.3 Å². The maximum Gasteiger partial charge on any atom is 0.209 e. The Bertz CT molecular complexity index is 1260. The van der Waals surface area contributed by atoms with E-state index in [0.717, 1.165) is 11.9 Å². The van der Waals surface area contributed by atoms with Gasteiger partial charge in [-0.1, -0.05) is 18.2 Å². The molecule has 0 radical (unpaired) electrons. The SMILES string of the molecule is N=C/C=C(\Nc1ccccc1)c1nn(-c2cc(-n3cccn3)ccc2F)ccc1=O. The summed E-state index contributed by atoms with van der Waals surface area (Å²) in [6, 6.07) is 16.8. The van der Waals surface area contributed by atoms with Crippen molar-refractivity contribution in [3.05, 3.63) is 107 Å². The van der Waals surface area contributed by atoms with E-state index in [2.05, 4.69) is 15.5 Å². The van der Waals surface area contributed by atoms with Gasteiger partial charge in [0, 0.05) is 36.6 Å². The zero-order valence-electron chi connectivity index (χ0n) is 15.7. The van der Waals surface area contributed by atoms with Gasteiger partial charge in [-0.3, -0.25) is 4.79 Å². The molecule has 0 spiro atoms. The fourth-order valence-electron chi connectivity index (χ4n) is 2.91. The number of nitrogens with one attached hydrogen (secondary N) is 2. The second-order valence-corrected chi connectivity index (χ2v) is 6.30. The van der Waals surface area contributed by atoms with Crippen LogP contribution in [0, 0.1) is 11.2 Å². The molecule has 8 heteroatoms. The summed E-state index contributed by atoms with van der Waals surface area (Å²) in [5, 5.41) is 19.0. The topological polar surface area (TPSA) is 88.6 Å². The summed E-state index contributed by atoms with van der Waals surface area (Å²) in [6.45, 7) is 0. The first kappa shape index (κ1) is 19.0. The first-order valence-corrected chi connectivity index (χ1v) is 9.09. The number of hydrogen-bond acceptors (Lipinski definition) is 5. The highest BCUT2D eigenvalue weighted by Gasteiger charge is 2.13. The van der Waals surface area contributed by atoms with Gasteiger partial charge in [0.15, 0.2) is 5.69 Å². The molecule has 0 aliphatic carbocycles. The van der Waals surface area contributed by atoms with E-state index in [9.17, 15) is 9.18 Å². The Morgan fingerprint density at radius 1 is 1.03 bits per heavy atom. The third-order valence-corrected chi connectivity index (χ3v) is 4.31. The highest BCUT2D eigenvalue weighted by molar-refractivity contribution is 5.86. The van der Waals surface area contributed by atoms with Crippen LogP contribution < -0.4 is 10.7 Å². The lowest BCUT2D eigenvalue weighted by atomic mass is 10.2. The number of benzene rings is 2. The van der Waals surface area contributed by atoms with Gasteiger partial charge in [-0.2, -0.15) is 10.2 Å². The van der Waals surface area contributed by atoms with E-state index in [-0.39, 0.29) is 16.8 Å². The van der Waals surface area contributed by atoms with Gasteiger partial charge in [-0.25, -0.2) is 13.8 Å². The van der Waals surface area contributed by atoms with Crippen molar-refractivity contribution in [3.63, 3.8) is 0 Å². The van der Waals surface area contributed by atoms with Crippen molar-refractivity contribution in [1.82, 2.24) is 19.6 Å². The normalized spacial score (nSPS) is 11.3. The molecule has 148 valence electrons. The second kappa shape index (κ2) is 8.36. The number of para-hydroxylation sites is 1. The van der Waals surface area contributed by atoms with E-state index in [4.69, 9.17) is 5.41 Å². The Kier molecular flexibility index (Phi) is 5.29. The van der Waals surface area contributed by atoms with Gasteiger partial charge in [0.25, 0.3) is 0 Å². The first-order valence-electron chi connectivity index (χ1n) is 9.09. The molecule has 2 heterocycles. The molecule has 2 aromatic heterocycles. The molecule has 4 rings (SSSR count). The van der Waals surface area contributed by atoms with Crippen LogP contribution >= 0.6 is 0 Å². The molecule has 0 aliphatic rings. The minimum Gasteiger partial charge on any atom is -0.354 e. The summed E-state index contributed by atoms with van der Waals surface area (Å²) in [5.74, 6) is -0.499. The molecule has 2 N–H and O–H groups in total. The maximum absolute atomic E-state index is 14.6. The lowest BCUT2D eigenvalue weighted by Crippen LogP contribution is -2.19. The van der Waals surface area contributed by atoms with Gasteiger partial charge in [-0.15, -0.1) is 0 Å². The van der Waals surface area contributed by atoms with E-state index in [1.54, 1.807) is 35.3 Å². The minimum absolute atomic E-state index is 0.0637. The highest BCUT2D eigenvalue weighted by atomic mass is 19.1. The summed E-state index contributed by atoms with van der Waals surface area (Å²) in [5.41, 5.74) is 1.59. The molecule has 2 aromatic carbocycles. The van der Waals surface area contributed by atoms with Crippen molar-refractivity contribution < 1.29 is 4.39 Å². The second-order valence-electron chi connectivity index (χ2n) is 6.30. The number of hydrogen-bond donors (Lipinski definition) is 2. The van der Waals surface area contributed by atoms with Crippen molar-refractivity contribution in [2.75, 3.05) is 5.32 Å². The van der Waals surface area contributed by atoms with Crippen LogP contribution in [-0.2, 0) is 0 Å². The van der Waals surface area contributed by atoms with Crippen LogP contribution in [0.1, 0.15) is 5.69 Å². The first-order chi connectivity index (χ1) is 14.7. The molecular weight excluding hydrogens is 383 g/mol. The van der Waals surface area contributed by atoms with Gasteiger partial charge in [0.1, 0.15) is 11.5 Å². The molecule has 4 aromatic rings. The number of halogens is 1. The van der Waals surface area contributed by atoms with Crippen LogP contribution in [0.25, 0.3) is 17.1 Å². The lowest BCUT2D eigenvalue weighted by Gasteiger charge is -2.13. The van der Waals surface area contributed by atoms with Gasteiger partial charge in [-0.05, 0) is 42.5 Å². The number of allylic oxidation sites excluding steroid dienone is 1. The van der Waals surface area contributed by atoms with Gasteiger partial charge < -0.3 is 10.7 Å². The van der Waals surface area contributed by atoms with E-state index < -0.39 is 5.82 Å². The predicted octanol–water partition coefficient (Wildman–Crippen LogP) is 3.66. The molecule has 0 bridgehead atoms. The van der Waals surface area contributed by atoms with Crippen LogP contribution in [0.2, 0.25) is 0 Å². The summed E-state index contributed by atoms with van der Waals surface area (Å²) < 4.78 is 17.5. The Hall–Kier alpha value is -4.33. The largest absolute Gasteiger partial charge is 0.354 e. The Morgan fingerprint density at radius 2 is 1.87 bits per heavy atom. The molecular formula is C22H17FN6O. The molecule has 0 aliphatic heterocycles. The maximum atomic E-state index is 14.6. The summed E-state index contributed by atoms with van der Waals surface area (Å²) in [7, 11) is 0. The smallest absolute Gasteiger partial charge is 0.209 e. The van der Waals surface area contributed by atoms with Crippen molar-refractivity contribution in [2.24, 2.45) is 0 Å². The van der Waals surface area contributed by atoms with Crippen LogP contribution in [0.15, 0.2) is 90.1 Å². The standard InChI is InChI=1S/C22H17FN6O/c23-18-8-7-17(28-13-4-12-25-28)15-20(18)29-14-10-21(30)22(27-29)19(9-11-24)26-16-5-2-1-3-6-16/h1-15,24,26H/b19-9-,24-11?. The average molecular weight is 400 g/mol.